The summed E-state index contributed by atoms with van der Waals surface area (Å²) >= 11 is 11.9. The van der Waals surface area contributed by atoms with Crippen LogP contribution < -0.4 is 4.74 Å². The standard InChI is InChI=1S/C18H23Cl2NO2/c19-15-7-8-17(16(20)10-15)23-9-1-2-18(22)21-11-13-3-4-14(12-21)6-5-13/h7-8,10,13-14H,1-6,9,11-12H2. The van der Waals surface area contributed by atoms with Crippen molar-refractivity contribution in [1.82, 2.24) is 4.90 Å². The molecule has 23 heavy (non-hydrogen) atoms. The lowest BCUT2D eigenvalue weighted by atomic mass is 9.84. The molecule has 126 valence electrons. The first-order valence-electron chi connectivity index (χ1n) is 8.47. The normalized spacial score (nSPS) is 23.7. The van der Waals surface area contributed by atoms with Gasteiger partial charge in [0.05, 0.1) is 11.6 Å². The molecule has 0 atom stereocenters. The summed E-state index contributed by atoms with van der Waals surface area (Å²) in [6, 6.07) is 5.18. The molecule has 1 aliphatic carbocycles. The molecule has 0 spiro atoms. The van der Waals surface area contributed by atoms with Crippen molar-refractivity contribution in [3.8, 4) is 5.75 Å². The zero-order valence-corrected chi connectivity index (χ0v) is 14.8. The van der Waals surface area contributed by atoms with Gasteiger partial charge in [0.15, 0.2) is 0 Å². The summed E-state index contributed by atoms with van der Waals surface area (Å²) in [6.45, 7) is 2.41. The van der Waals surface area contributed by atoms with Gasteiger partial charge < -0.3 is 9.64 Å². The highest BCUT2D eigenvalue weighted by Crippen LogP contribution is 2.34. The lowest BCUT2D eigenvalue weighted by molar-refractivity contribution is -0.132. The number of carbonyl (C=O) groups excluding carboxylic acids is 1. The third-order valence-corrected chi connectivity index (χ3v) is 5.49. The van der Waals surface area contributed by atoms with Crippen molar-refractivity contribution in [3.05, 3.63) is 28.2 Å². The van der Waals surface area contributed by atoms with Crippen molar-refractivity contribution in [2.75, 3.05) is 19.7 Å². The van der Waals surface area contributed by atoms with Crippen LogP contribution in [0.4, 0.5) is 0 Å². The van der Waals surface area contributed by atoms with Crippen LogP contribution in [0.1, 0.15) is 38.5 Å². The van der Waals surface area contributed by atoms with Crippen LogP contribution in [0.25, 0.3) is 0 Å². The second-order valence-corrected chi connectivity index (χ2v) is 7.56. The predicted octanol–water partition coefficient (Wildman–Crippen LogP) is 4.80. The second-order valence-electron chi connectivity index (χ2n) is 6.71. The van der Waals surface area contributed by atoms with Gasteiger partial charge in [-0.1, -0.05) is 23.2 Å². The van der Waals surface area contributed by atoms with Gasteiger partial charge in [-0.3, -0.25) is 4.79 Å². The van der Waals surface area contributed by atoms with Crippen molar-refractivity contribution in [3.63, 3.8) is 0 Å². The van der Waals surface area contributed by atoms with E-state index < -0.39 is 0 Å². The highest BCUT2D eigenvalue weighted by molar-refractivity contribution is 6.35. The molecule has 0 N–H and O–H groups in total. The maximum absolute atomic E-state index is 12.4. The monoisotopic (exact) mass is 355 g/mol. The van der Waals surface area contributed by atoms with E-state index in [0.717, 1.165) is 24.9 Å². The van der Waals surface area contributed by atoms with Crippen LogP contribution >= 0.6 is 23.2 Å². The predicted molar refractivity (Wildman–Crippen MR) is 93.2 cm³/mol. The first-order valence-corrected chi connectivity index (χ1v) is 9.23. The fraction of sp³-hybridized carbons (Fsp3) is 0.611. The largest absolute Gasteiger partial charge is 0.492 e. The molecule has 3 fully saturated rings. The van der Waals surface area contributed by atoms with Gasteiger partial charge in [-0.15, -0.1) is 0 Å². The minimum atomic E-state index is 0.273. The molecule has 2 saturated heterocycles. The lowest BCUT2D eigenvalue weighted by Crippen LogP contribution is -2.34. The van der Waals surface area contributed by atoms with E-state index in [0.29, 0.717) is 35.2 Å². The Kier molecular flexibility index (Phi) is 5.71. The number of benzene rings is 1. The van der Waals surface area contributed by atoms with Crippen LogP contribution in [0.5, 0.6) is 5.75 Å². The molecule has 2 heterocycles. The molecule has 1 amide bonds. The first kappa shape index (κ1) is 16.9. The molecular weight excluding hydrogens is 333 g/mol. The van der Waals surface area contributed by atoms with Crippen LogP contribution in [-0.4, -0.2) is 30.5 Å². The number of ether oxygens (including phenoxy) is 1. The number of hydrogen-bond donors (Lipinski definition) is 0. The molecular formula is C18H23Cl2NO2. The van der Waals surface area contributed by atoms with Gasteiger partial charge in [0, 0.05) is 24.5 Å². The average molecular weight is 356 g/mol. The van der Waals surface area contributed by atoms with Gasteiger partial charge in [0.1, 0.15) is 5.75 Å². The highest BCUT2D eigenvalue weighted by atomic mass is 35.5. The van der Waals surface area contributed by atoms with Crippen LogP contribution in [0, 0.1) is 11.8 Å². The summed E-state index contributed by atoms with van der Waals surface area (Å²) < 4.78 is 5.65. The maximum atomic E-state index is 12.4. The Morgan fingerprint density at radius 3 is 2.39 bits per heavy atom. The van der Waals surface area contributed by atoms with Crippen LogP contribution in [0.3, 0.4) is 0 Å². The van der Waals surface area contributed by atoms with Gasteiger partial charge in [0.2, 0.25) is 5.91 Å². The van der Waals surface area contributed by atoms with Crippen molar-refractivity contribution in [1.29, 1.82) is 0 Å². The Morgan fingerprint density at radius 1 is 1.13 bits per heavy atom. The first-order chi connectivity index (χ1) is 11.1. The van der Waals surface area contributed by atoms with Crippen molar-refractivity contribution >= 4 is 29.1 Å². The van der Waals surface area contributed by atoms with E-state index in [2.05, 4.69) is 4.90 Å². The van der Waals surface area contributed by atoms with E-state index in [-0.39, 0.29) is 5.91 Å². The Bertz CT molecular complexity index is 542. The third-order valence-electron chi connectivity index (χ3n) is 4.96. The number of nitrogens with zero attached hydrogens (tertiary/aromatic N) is 1. The number of fused-ring (bicyclic) bond motifs is 4. The summed E-state index contributed by atoms with van der Waals surface area (Å²) in [7, 11) is 0. The zero-order valence-electron chi connectivity index (χ0n) is 13.3. The van der Waals surface area contributed by atoms with Crippen molar-refractivity contribution < 1.29 is 9.53 Å². The summed E-state index contributed by atoms with van der Waals surface area (Å²) in [6.07, 6.45) is 6.45. The SMILES string of the molecule is O=C(CCCOc1ccc(Cl)cc1Cl)N1CC2CCC(CC2)C1. The molecule has 2 bridgehead atoms. The highest BCUT2D eigenvalue weighted by Gasteiger charge is 2.31. The van der Waals surface area contributed by atoms with E-state index in [1.165, 1.54) is 25.7 Å². The fourth-order valence-electron chi connectivity index (χ4n) is 3.65. The van der Waals surface area contributed by atoms with Crippen LogP contribution in [0.15, 0.2) is 18.2 Å². The molecule has 4 rings (SSSR count). The van der Waals surface area contributed by atoms with Crippen molar-refractivity contribution in [2.45, 2.75) is 38.5 Å². The Labute approximate surface area is 147 Å². The fourth-order valence-corrected chi connectivity index (χ4v) is 4.12. The number of carbonyl (C=O) groups is 1. The summed E-state index contributed by atoms with van der Waals surface area (Å²) in [4.78, 5) is 14.5. The van der Waals surface area contributed by atoms with Gasteiger partial charge in [-0.05, 0) is 62.1 Å². The third kappa shape index (κ3) is 4.54. The maximum Gasteiger partial charge on any atom is 0.222 e. The van der Waals surface area contributed by atoms with Gasteiger partial charge in [0.25, 0.3) is 0 Å². The van der Waals surface area contributed by atoms with E-state index in [4.69, 9.17) is 27.9 Å². The zero-order chi connectivity index (χ0) is 16.2. The molecule has 1 aromatic rings. The number of halogens is 2. The Balaban J connectivity index is 1.42. The Hall–Kier alpha value is -0.930. The number of hydrogen-bond acceptors (Lipinski definition) is 2. The van der Waals surface area contributed by atoms with E-state index in [1.807, 2.05) is 0 Å². The van der Waals surface area contributed by atoms with Gasteiger partial charge in [-0.25, -0.2) is 0 Å². The molecule has 0 radical (unpaired) electrons. The quantitative estimate of drug-likeness (QED) is 0.709. The Morgan fingerprint density at radius 2 is 1.78 bits per heavy atom. The average Bonchev–Trinajstić information content (AvgIpc) is 2.87. The van der Waals surface area contributed by atoms with E-state index >= 15 is 0 Å². The van der Waals surface area contributed by atoms with Gasteiger partial charge >= 0.3 is 0 Å². The molecule has 5 heteroatoms. The molecule has 0 unspecified atom stereocenters. The van der Waals surface area contributed by atoms with Crippen LogP contribution in [-0.2, 0) is 4.79 Å². The van der Waals surface area contributed by atoms with E-state index in [9.17, 15) is 4.79 Å². The minimum absolute atomic E-state index is 0.273. The molecule has 3 aliphatic rings. The minimum Gasteiger partial charge on any atom is -0.492 e. The molecule has 1 saturated carbocycles. The molecule has 2 aliphatic heterocycles. The lowest BCUT2D eigenvalue weighted by Gasteiger charge is -2.22. The smallest absolute Gasteiger partial charge is 0.222 e. The topological polar surface area (TPSA) is 29.5 Å². The number of rotatable bonds is 5. The number of amides is 1. The summed E-state index contributed by atoms with van der Waals surface area (Å²) in [5.41, 5.74) is 0. The summed E-state index contributed by atoms with van der Waals surface area (Å²) in [5, 5.41) is 1.10. The van der Waals surface area contributed by atoms with Gasteiger partial charge in [-0.2, -0.15) is 0 Å². The van der Waals surface area contributed by atoms with Crippen molar-refractivity contribution in [2.24, 2.45) is 11.8 Å². The van der Waals surface area contributed by atoms with Crippen LogP contribution in [0.2, 0.25) is 10.0 Å². The van der Waals surface area contributed by atoms with E-state index in [1.54, 1.807) is 18.2 Å². The second kappa shape index (κ2) is 7.76. The molecule has 0 aromatic heterocycles. The molecule has 1 aromatic carbocycles. The summed E-state index contributed by atoms with van der Waals surface area (Å²) in [5.74, 6) is 2.34. The molecule has 3 nitrogen and oxygen atoms in total.